The molecule has 0 radical (unpaired) electrons. The van der Waals surface area contributed by atoms with Gasteiger partial charge in [-0.05, 0) is 61.9 Å². The number of rotatable bonds is 9. The van der Waals surface area contributed by atoms with Crippen molar-refractivity contribution in [3.05, 3.63) is 77.4 Å². The highest BCUT2D eigenvalue weighted by atomic mass is 32.2. The standard InChI is InChI=1S/C29H33NO8S/c1-19-6-10-22(11-7-19)39(33,34)30-15-14-29(32,24-17-21(36-3)9-13-27(24)38-5)25(18-30)28(31)23-16-20(35-2)8-12-26(23)37-4/h6-13,16-17,25,32H,14-15,18H2,1-5H3/t25?,29-/m1/s1. The zero-order valence-corrected chi connectivity index (χ0v) is 23.4. The number of carbonyl (C=O) groups excluding carboxylic acids is 1. The van der Waals surface area contributed by atoms with Gasteiger partial charge in [-0.15, -0.1) is 0 Å². The van der Waals surface area contributed by atoms with E-state index in [1.165, 1.54) is 38.8 Å². The second-order valence-electron chi connectivity index (χ2n) is 9.40. The predicted octanol–water partition coefficient (Wildman–Crippen LogP) is 3.81. The Bertz CT molecular complexity index is 1450. The lowest BCUT2D eigenvalue weighted by Crippen LogP contribution is -2.54. The lowest BCUT2D eigenvalue weighted by Gasteiger charge is -2.44. The molecule has 0 bridgehead atoms. The average molecular weight is 556 g/mol. The van der Waals surface area contributed by atoms with E-state index in [0.717, 1.165) is 5.56 Å². The summed E-state index contributed by atoms with van der Waals surface area (Å²) in [6.07, 6.45) is -0.0652. The van der Waals surface area contributed by atoms with E-state index >= 15 is 0 Å². The monoisotopic (exact) mass is 555 g/mol. The molecule has 3 aromatic carbocycles. The molecule has 0 amide bonds. The third kappa shape index (κ3) is 5.32. The number of nitrogens with zero attached hydrogens (tertiary/aromatic N) is 1. The molecule has 10 heteroatoms. The van der Waals surface area contributed by atoms with E-state index in [1.54, 1.807) is 54.6 Å². The van der Waals surface area contributed by atoms with Crippen molar-refractivity contribution in [1.82, 2.24) is 4.31 Å². The van der Waals surface area contributed by atoms with E-state index in [9.17, 15) is 18.3 Å². The quantitative estimate of drug-likeness (QED) is 0.397. The molecule has 0 saturated carbocycles. The Morgan fingerprint density at radius 2 is 1.46 bits per heavy atom. The number of hydrogen-bond acceptors (Lipinski definition) is 8. The molecule has 1 saturated heterocycles. The zero-order valence-electron chi connectivity index (χ0n) is 22.6. The third-order valence-electron chi connectivity index (χ3n) is 7.23. The van der Waals surface area contributed by atoms with Gasteiger partial charge in [-0.2, -0.15) is 4.31 Å². The molecule has 3 aromatic rings. The fourth-order valence-electron chi connectivity index (χ4n) is 4.96. The first-order chi connectivity index (χ1) is 18.6. The summed E-state index contributed by atoms with van der Waals surface area (Å²) in [4.78, 5) is 14.4. The summed E-state index contributed by atoms with van der Waals surface area (Å²) in [7, 11) is 1.91. The number of ether oxygens (including phenoxy) is 4. The van der Waals surface area contributed by atoms with E-state index in [-0.39, 0.29) is 35.7 Å². The molecule has 0 aromatic heterocycles. The van der Waals surface area contributed by atoms with E-state index in [4.69, 9.17) is 18.9 Å². The maximum absolute atomic E-state index is 14.3. The Kier molecular flexibility index (Phi) is 8.20. The van der Waals surface area contributed by atoms with Crippen molar-refractivity contribution in [2.75, 3.05) is 41.5 Å². The molecule has 1 unspecified atom stereocenters. The van der Waals surface area contributed by atoms with Crippen molar-refractivity contribution in [3.8, 4) is 23.0 Å². The van der Waals surface area contributed by atoms with Crippen LogP contribution in [0.15, 0.2) is 65.6 Å². The molecule has 1 heterocycles. The summed E-state index contributed by atoms with van der Waals surface area (Å²) < 4.78 is 50.2. The smallest absolute Gasteiger partial charge is 0.243 e. The maximum Gasteiger partial charge on any atom is 0.243 e. The van der Waals surface area contributed by atoms with Gasteiger partial charge in [0.1, 0.15) is 28.6 Å². The molecule has 0 aliphatic carbocycles. The van der Waals surface area contributed by atoms with Crippen LogP contribution in [0.3, 0.4) is 0 Å². The van der Waals surface area contributed by atoms with Gasteiger partial charge in [0.05, 0.1) is 44.8 Å². The van der Waals surface area contributed by atoms with Crippen molar-refractivity contribution in [1.29, 1.82) is 0 Å². The fourth-order valence-corrected chi connectivity index (χ4v) is 6.42. The van der Waals surface area contributed by atoms with Gasteiger partial charge in [0, 0.05) is 18.7 Å². The van der Waals surface area contributed by atoms with Gasteiger partial charge in [0.25, 0.3) is 0 Å². The molecule has 4 rings (SSSR count). The highest BCUT2D eigenvalue weighted by molar-refractivity contribution is 7.89. The van der Waals surface area contributed by atoms with Gasteiger partial charge in [-0.3, -0.25) is 4.79 Å². The van der Waals surface area contributed by atoms with Crippen LogP contribution in [0.4, 0.5) is 0 Å². The first-order valence-corrected chi connectivity index (χ1v) is 13.8. The average Bonchev–Trinajstić information content (AvgIpc) is 2.96. The van der Waals surface area contributed by atoms with E-state index in [1.807, 2.05) is 6.92 Å². The number of ketones is 1. The molecular weight excluding hydrogens is 522 g/mol. The van der Waals surface area contributed by atoms with Crippen molar-refractivity contribution >= 4 is 15.8 Å². The molecule has 9 nitrogen and oxygen atoms in total. The topological polar surface area (TPSA) is 112 Å². The minimum Gasteiger partial charge on any atom is -0.497 e. The Morgan fingerprint density at radius 1 is 0.872 bits per heavy atom. The highest BCUT2D eigenvalue weighted by Crippen LogP contribution is 2.46. The van der Waals surface area contributed by atoms with Gasteiger partial charge in [0.15, 0.2) is 5.78 Å². The van der Waals surface area contributed by atoms with Crippen LogP contribution in [0.2, 0.25) is 0 Å². The first-order valence-electron chi connectivity index (χ1n) is 12.4. The Hall–Kier alpha value is -3.60. The highest BCUT2D eigenvalue weighted by Gasteiger charge is 2.51. The van der Waals surface area contributed by atoms with Gasteiger partial charge in [-0.1, -0.05) is 17.7 Å². The molecule has 39 heavy (non-hydrogen) atoms. The van der Waals surface area contributed by atoms with Crippen LogP contribution in [0.5, 0.6) is 23.0 Å². The summed E-state index contributed by atoms with van der Waals surface area (Å²) in [6.45, 7) is 1.58. The fraction of sp³-hybridized carbons (Fsp3) is 0.345. The van der Waals surface area contributed by atoms with Crippen LogP contribution in [-0.2, 0) is 15.6 Å². The van der Waals surface area contributed by atoms with E-state index < -0.39 is 27.3 Å². The molecule has 2 atom stereocenters. The van der Waals surface area contributed by atoms with Crippen LogP contribution < -0.4 is 18.9 Å². The number of carbonyl (C=O) groups is 1. The van der Waals surface area contributed by atoms with Crippen molar-refractivity contribution in [3.63, 3.8) is 0 Å². The summed E-state index contributed by atoms with van der Waals surface area (Å²) in [5, 5.41) is 12.3. The molecule has 1 aliphatic heterocycles. The summed E-state index contributed by atoms with van der Waals surface area (Å²) in [5.74, 6) is -0.209. The Morgan fingerprint density at radius 3 is 2.05 bits per heavy atom. The number of aryl methyl sites for hydroxylation is 1. The second-order valence-corrected chi connectivity index (χ2v) is 11.3. The van der Waals surface area contributed by atoms with Crippen LogP contribution in [0.1, 0.15) is 27.9 Å². The summed E-state index contributed by atoms with van der Waals surface area (Å²) >= 11 is 0. The maximum atomic E-state index is 14.3. The summed E-state index contributed by atoms with van der Waals surface area (Å²) in [5.41, 5.74) is -0.372. The predicted molar refractivity (Wildman–Crippen MR) is 145 cm³/mol. The summed E-state index contributed by atoms with van der Waals surface area (Å²) in [6, 6.07) is 16.2. The zero-order chi connectivity index (χ0) is 28.4. The first kappa shape index (κ1) is 28.4. The largest absolute Gasteiger partial charge is 0.497 e. The van der Waals surface area contributed by atoms with Gasteiger partial charge < -0.3 is 24.1 Å². The van der Waals surface area contributed by atoms with E-state index in [0.29, 0.717) is 22.8 Å². The molecule has 0 spiro atoms. The van der Waals surface area contributed by atoms with Gasteiger partial charge in [0.2, 0.25) is 10.0 Å². The van der Waals surface area contributed by atoms with Crippen LogP contribution in [0.25, 0.3) is 0 Å². The second kappa shape index (κ2) is 11.3. The number of benzene rings is 3. The number of sulfonamides is 1. The number of Topliss-reactive ketones (excluding diaryl/α,β-unsaturated/α-hetero) is 1. The van der Waals surface area contributed by atoms with Crippen molar-refractivity contribution in [2.45, 2.75) is 23.8 Å². The van der Waals surface area contributed by atoms with Crippen molar-refractivity contribution < 1.29 is 37.3 Å². The third-order valence-corrected chi connectivity index (χ3v) is 9.10. The molecular formula is C29H33NO8S. The number of hydrogen-bond donors (Lipinski definition) is 1. The van der Waals surface area contributed by atoms with E-state index in [2.05, 4.69) is 0 Å². The molecule has 208 valence electrons. The molecule has 1 fully saturated rings. The van der Waals surface area contributed by atoms with Gasteiger partial charge in [-0.25, -0.2) is 8.42 Å². The van der Waals surface area contributed by atoms with Crippen LogP contribution in [0, 0.1) is 12.8 Å². The Balaban J connectivity index is 1.86. The number of methoxy groups -OCH3 is 4. The van der Waals surface area contributed by atoms with Crippen molar-refractivity contribution in [2.24, 2.45) is 5.92 Å². The molecule has 1 N–H and O–H groups in total. The Labute approximate surface area is 228 Å². The minimum atomic E-state index is -3.96. The SMILES string of the molecule is COc1ccc(OC)c(C(=O)C2CN(S(=O)(=O)c3ccc(C)cc3)CC[C@@]2(O)c2cc(OC)ccc2OC)c1. The lowest BCUT2D eigenvalue weighted by molar-refractivity contribution is -0.0511. The normalized spacial score (nSPS) is 19.8. The van der Waals surface area contributed by atoms with Crippen LogP contribution >= 0.6 is 0 Å². The van der Waals surface area contributed by atoms with Crippen LogP contribution in [-0.4, -0.2) is 65.1 Å². The number of aliphatic hydroxyl groups is 1. The minimum absolute atomic E-state index is 0.0217. The lowest BCUT2D eigenvalue weighted by atomic mass is 9.72. The van der Waals surface area contributed by atoms with Gasteiger partial charge >= 0.3 is 0 Å². The number of piperidine rings is 1. The molecule has 1 aliphatic rings.